The second kappa shape index (κ2) is 9.20. The van der Waals surface area contributed by atoms with Gasteiger partial charge in [-0.1, -0.05) is 38.5 Å². The smallest absolute Gasteiger partial charge is 0.335 e. The van der Waals surface area contributed by atoms with Crippen LogP contribution in [0.1, 0.15) is 52.9 Å². The fraction of sp³-hybridized carbons (Fsp3) is 0.808. The number of aliphatic hydroxyl groups excluding tert-OH is 5. The molecule has 1 saturated heterocycles. The molecule has 0 spiro atoms. The molecule has 4 rings (SSSR count). The van der Waals surface area contributed by atoms with Crippen molar-refractivity contribution in [3.05, 3.63) is 24.3 Å². The van der Waals surface area contributed by atoms with E-state index >= 15 is 0 Å². The minimum absolute atomic E-state index is 0.0469. The van der Waals surface area contributed by atoms with Gasteiger partial charge in [0.15, 0.2) is 12.4 Å². The van der Waals surface area contributed by atoms with Crippen LogP contribution in [0.4, 0.5) is 0 Å². The molecule has 0 aromatic heterocycles. The van der Waals surface area contributed by atoms with Gasteiger partial charge < -0.3 is 40.1 Å². The topological polar surface area (TPSA) is 157 Å². The highest BCUT2D eigenvalue weighted by Gasteiger charge is 2.61. The first kappa shape index (κ1) is 26.7. The predicted molar refractivity (Wildman–Crippen MR) is 125 cm³/mol. The minimum atomic E-state index is -1.81. The second-order valence-electron chi connectivity index (χ2n) is 12.0. The molecule has 0 aromatic rings. The van der Waals surface area contributed by atoms with Crippen LogP contribution >= 0.6 is 0 Å². The maximum Gasteiger partial charge on any atom is 0.335 e. The van der Waals surface area contributed by atoms with Crippen LogP contribution < -0.4 is 0 Å². The molecule has 198 valence electrons. The first-order chi connectivity index (χ1) is 16.3. The minimum Gasteiger partial charge on any atom is -0.479 e. The molecule has 1 aliphatic heterocycles. The van der Waals surface area contributed by atoms with E-state index < -0.39 is 54.3 Å². The Morgan fingerprint density at radius 1 is 1.17 bits per heavy atom. The number of carbonyl (C=O) groups is 1. The number of carboxylic acid groups (broad SMARTS) is 1. The van der Waals surface area contributed by atoms with Crippen LogP contribution in [0.15, 0.2) is 24.3 Å². The van der Waals surface area contributed by atoms with Crippen LogP contribution in [0.5, 0.6) is 0 Å². The summed E-state index contributed by atoms with van der Waals surface area (Å²) in [5.41, 5.74) is 0.188. The standard InChI is InChI=1S/C26H40O9/c1-5-24(2)9-8-14-13(10-24)6-7-16-25(14,3)11-15(27)21(31)26(16,4)12-34-23-19(30)17(28)18(29)20(35-23)22(32)33/h5-6,14-21,23,27-31H,1,7-12H2,2-4H3,(H,32,33)/t14-,15-,16+,17+,18-,19+,20+,21-,23-,24+,25+,26-/m0/s1. The molecule has 12 atom stereocenters. The van der Waals surface area contributed by atoms with Crippen molar-refractivity contribution in [2.45, 2.75) is 95.8 Å². The third-order valence-corrected chi connectivity index (χ3v) is 9.62. The predicted octanol–water partition coefficient (Wildman–Crippen LogP) is 0.972. The number of hydrogen-bond acceptors (Lipinski definition) is 8. The number of aliphatic hydroxyl groups is 5. The molecule has 0 radical (unpaired) electrons. The van der Waals surface area contributed by atoms with Crippen molar-refractivity contribution in [3.8, 4) is 0 Å². The van der Waals surface area contributed by atoms with E-state index in [0.29, 0.717) is 12.8 Å². The third kappa shape index (κ3) is 4.29. The maximum atomic E-state index is 11.4. The number of rotatable bonds is 5. The Morgan fingerprint density at radius 3 is 2.49 bits per heavy atom. The third-order valence-electron chi connectivity index (χ3n) is 9.62. The summed E-state index contributed by atoms with van der Waals surface area (Å²) >= 11 is 0. The normalized spacial score (nSPS) is 52.1. The van der Waals surface area contributed by atoms with E-state index in [0.717, 1.165) is 19.3 Å². The van der Waals surface area contributed by atoms with Crippen molar-refractivity contribution in [1.29, 1.82) is 0 Å². The summed E-state index contributed by atoms with van der Waals surface area (Å²) in [6.07, 6.45) is -2.31. The number of aliphatic carboxylic acids is 1. The lowest BCUT2D eigenvalue weighted by Crippen LogP contribution is -2.64. The number of carboxylic acids is 1. The molecule has 9 nitrogen and oxygen atoms in total. The highest BCUT2D eigenvalue weighted by atomic mass is 16.7. The van der Waals surface area contributed by atoms with Gasteiger partial charge in [0.05, 0.1) is 18.8 Å². The van der Waals surface area contributed by atoms with E-state index in [-0.39, 0.29) is 29.3 Å². The Kier molecular flexibility index (Phi) is 7.03. The second-order valence-corrected chi connectivity index (χ2v) is 12.0. The molecule has 0 aromatic carbocycles. The molecule has 4 aliphatic rings. The average molecular weight is 497 g/mol. The van der Waals surface area contributed by atoms with E-state index in [1.54, 1.807) is 0 Å². The Labute approximate surface area is 206 Å². The molecule has 0 unspecified atom stereocenters. The van der Waals surface area contributed by atoms with Gasteiger partial charge in [-0.25, -0.2) is 4.79 Å². The van der Waals surface area contributed by atoms with Gasteiger partial charge in [0, 0.05) is 5.41 Å². The van der Waals surface area contributed by atoms with E-state index in [1.165, 1.54) is 5.57 Å². The molecule has 0 bridgehead atoms. The van der Waals surface area contributed by atoms with E-state index in [2.05, 4.69) is 26.5 Å². The highest BCUT2D eigenvalue weighted by Crippen LogP contribution is 2.63. The van der Waals surface area contributed by atoms with Crippen LogP contribution in [0.3, 0.4) is 0 Å². The molecule has 6 N–H and O–H groups in total. The van der Waals surface area contributed by atoms with Crippen molar-refractivity contribution in [2.75, 3.05) is 6.61 Å². The zero-order valence-corrected chi connectivity index (χ0v) is 20.7. The quantitative estimate of drug-likeness (QED) is 0.305. The summed E-state index contributed by atoms with van der Waals surface area (Å²) in [6, 6.07) is 0. The fourth-order valence-corrected chi connectivity index (χ4v) is 7.41. The van der Waals surface area contributed by atoms with Crippen LogP contribution in [0.25, 0.3) is 0 Å². The zero-order chi connectivity index (χ0) is 25.9. The largest absolute Gasteiger partial charge is 0.479 e. The monoisotopic (exact) mass is 496 g/mol. The number of hydrogen-bond donors (Lipinski definition) is 6. The summed E-state index contributed by atoms with van der Waals surface area (Å²) in [4.78, 5) is 11.4. The van der Waals surface area contributed by atoms with E-state index in [1.807, 2.05) is 13.0 Å². The van der Waals surface area contributed by atoms with Gasteiger partial charge in [-0.15, -0.1) is 6.58 Å². The molecule has 9 heteroatoms. The van der Waals surface area contributed by atoms with E-state index in [4.69, 9.17) is 9.47 Å². The summed E-state index contributed by atoms with van der Waals surface area (Å²) < 4.78 is 11.1. The summed E-state index contributed by atoms with van der Waals surface area (Å²) in [5.74, 6) is -1.29. The van der Waals surface area contributed by atoms with Crippen molar-refractivity contribution >= 4 is 5.97 Å². The van der Waals surface area contributed by atoms with Crippen LogP contribution in [0, 0.1) is 28.1 Å². The number of allylic oxidation sites excluding steroid dienone is 3. The van der Waals surface area contributed by atoms with Gasteiger partial charge in [0.2, 0.25) is 0 Å². The molecule has 1 heterocycles. The SMILES string of the molecule is C=C[C@]1(C)CC[C@H]2C(=CC[C@@H]3[C@]2(C)C[C@H](O)[C@H](O)[C@@]3(C)CO[C@H]2O[C@@H](C(=O)O)[C@@H](O)[C@@H](O)[C@H]2O)C1. The molecular formula is C26H40O9. The molecule has 0 amide bonds. The first-order valence-electron chi connectivity index (χ1n) is 12.5. The number of fused-ring (bicyclic) bond motifs is 3. The Morgan fingerprint density at radius 2 is 1.86 bits per heavy atom. The summed E-state index contributed by atoms with van der Waals surface area (Å²) in [6.45, 7) is 10.1. The molecular weight excluding hydrogens is 456 g/mol. The van der Waals surface area contributed by atoms with Gasteiger partial charge in [-0.05, 0) is 54.8 Å². The first-order valence-corrected chi connectivity index (χ1v) is 12.5. The van der Waals surface area contributed by atoms with Crippen molar-refractivity contribution in [2.24, 2.45) is 28.1 Å². The van der Waals surface area contributed by atoms with Gasteiger partial charge in [-0.2, -0.15) is 0 Å². The highest BCUT2D eigenvalue weighted by molar-refractivity contribution is 5.73. The van der Waals surface area contributed by atoms with Gasteiger partial charge in [0.25, 0.3) is 0 Å². The lowest BCUT2D eigenvalue weighted by atomic mass is 9.44. The van der Waals surface area contributed by atoms with Crippen LogP contribution in [-0.4, -0.2) is 86.1 Å². The molecule has 35 heavy (non-hydrogen) atoms. The van der Waals surface area contributed by atoms with Gasteiger partial charge in [-0.3, -0.25) is 0 Å². The van der Waals surface area contributed by atoms with Gasteiger partial charge in [0.1, 0.15) is 18.3 Å². The number of ether oxygens (including phenoxy) is 2. The van der Waals surface area contributed by atoms with Crippen molar-refractivity contribution < 1.29 is 44.9 Å². The lowest BCUT2D eigenvalue weighted by Gasteiger charge is -2.62. The van der Waals surface area contributed by atoms with Gasteiger partial charge >= 0.3 is 5.97 Å². The van der Waals surface area contributed by atoms with Crippen LogP contribution in [0.2, 0.25) is 0 Å². The Balaban J connectivity index is 1.59. The van der Waals surface area contributed by atoms with Crippen LogP contribution in [-0.2, 0) is 14.3 Å². The molecule has 3 aliphatic carbocycles. The molecule has 3 fully saturated rings. The lowest BCUT2D eigenvalue weighted by molar-refractivity contribution is -0.309. The fourth-order valence-electron chi connectivity index (χ4n) is 7.41. The Hall–Kier alpha value is -1.33. The van der Waals surface area contributed by atoms with E-state index in [9.17, 15) is 35.4 Å². The van der Waals surface area contributed by atoms with Crippen molar-refractivity contribution in [1.82, 2.24) is 0 Å². The Bertz CT molecular complexity index is 875. The average Bonchev–Trinajstić information content (AvgIpc) is 2.80. The summed E-state index contributed by atoms with van der Waals surface area (Å²) in [7, 11) is 0. The summed E-state index contributed by atoms with van der Waals surface area (Å²) in [5, 5.41) is 61.8. The van der Waals surface area contributed by atoms with Crippen molar-refractivity contribution in [3.63, 3.8) is 0 Å². The molecule has 2 saturated carbocycles. The zero-order valence-electron chi connectivity index (χ0n) is 20.7. The maximum absolute atomic E-state index is 11.4.